The highest BCUT2D eigenvalue weighted by Crippen LogP contribution is 2.45. The molecule has 2 aromatic carbocycles. The maximum atomic E-state index is 15.2. The molecule has 0 fully saturated rings. The monoisotopic (exact) mass is 892 g/mol. The fraction of sp³-hybridized carbons (Fsp3) is 0.348. The third-order valence-corrected chi connectivity index (χ3v) is 14.6. The zero-order valence-electron chi connectivity index (χ0n) is 35.3. The smallest absolute Gasteiger partial charge is 0.402 e. The molecule has 1 aliphatic heterocycles. The zero-order chi connectivity index (χ0) is 44.8. The molecule has 6 aromatic rings. The second kappa shape index (κ2) is 17.0. The highest BCUT2D eigenvalue weighted by atomic mass is 28.3. The minimum absolute atomic E-state index is 0.184. The van der Waals surface area contributed by atoms with Gasteiger partial charge in [0.25, 0.3) is 0 Å². The number of carbonyl (C=O) groups excluding carboxylic acids is 2. The Morgan fingerprint density at radius 3 is 0.952 bits per heavy atom. The van der Waals surface area contributed by atoms with Gasteiger partial charge in [-0.25, -0.2) is 9.59 Å². The number of aromatic nitrogens is 4. The number of aromatic amines is 4. The van der Waals surface area contributed by atoms with Gasteiger partial charge in [-0.1, -0.05) is 63.5 Å². The molecule has 0 unspecified atom stereocenters. The minimum atomic E-state index is -4.77. The van der Waals surface area contributed by atoms with Crippen LogP contribution in [0.5, 0.6) is 0 Å². The van der Waals surface area contributed by atoms with Crippen molar-refractivity contribution in [2.75, 3.05) is 13.2 Å². The highest BCUT2D eigenvalue weighted by Gasteiger charge is 2.46. The Labute approximate surface area is 357 Å². The Kier molecular flexibility index (Phi) is 12.2. The van der Waals surface area contributed by atoms with E-state index in [0.29, 0.717) is 11.1 Å². The number of esters is 2. The molecule has 0 radical (unpaired) electrons. The van der Waals surface area contributed by atoms with Gasteiger partial charge in [-0.05, 0) is 96.0 Å². The van der Waals surface area contributed by atoms with Gasteiger partial charge < -0.3 is 29.4 Å². The van der Waals surface area contributed by atoms with E-state index < -0.39 is 64.1 Å². The van der Waals surface area contributed by atoms with Crippen molar-refractivity contribution < 1.29 is 45.4 Å². The number of rotatable bonds is 10. The van der Waals surface area contributed by atoms with E-state index in [1.165, 1.54) is 48.5 Å². The first-order valence-corrected chi connectivity index (χ1v) is 27.9. The minimum Gasteiger partial charge on any atom is -0.462 e. The molecule has 328 valence electrons. The normalized spacial score (nSPS) is 18.4. The van der Waals surface area contributed by atoms with Crippen molar-refractivity contribution in [3.63, 3.8) is 0 Å². The molecule has 0 amide bonds. The number of H-pyrrole nitrogens is 4. The second-order valence-electron chi connectivity index (χ2n) is 18.4. The van der Waals surface area contributed by atoms with Gasteiger partial charge in [0.2, 0.25) is 0 Å². The van der Waals surface area contributed by atoms with Crippen LogP contribution in [-0.2, 0) is 9.47 Å². The van der Waals surface area contributed by atoms with Gasteiger partial charge in [-0.15, -0.1) is 0 Å². The summed E-state index contributed by atoms with van der Waals surface area (Å²) < 4.78 is 102. The number of nitrogens with one attached hydrogen (secondary N) is 4. The van der Waals surface area contributed by atoms with Crippen LogP contribution in [0.25, 0.3) is 0 Å². The van der Waals surface area contributed by atoms with Crippen molar-refractivity contribution >= 4 is 28.1 Å². The fourth-order valence-corrected chi connectivity index (χ4v) is 9.28. The van der Waals surface area contributed by atoms with Crippen molar-refractivity contribution in [1.29, 1.82) is 0 Å². The SMILES string of the molecule is C[Si](C)(C)CCOC(=O)c1ccc(C2c3ccc([nH]3)C(C(F)(F)F)c3ccc([nH]3)C(c3ccc(C(=O)OCC[Si](C)(C)C)cc3)c3ccc([nH]3)C(C(F)(F)F)c3ccc2[nH]3)cc1. The van der Waals surface area contributed by atoms with Gasteiger partial charge in [0.05, 0.1) is 36.2 Å². The molecule has 0 spiro atoms. The van der Waals surface area contributed by atoms with Crippen LogP contribution in [0.3, 0.4) is 0 Å². The molecule has 0 saturated carbocycles. The average molecular weight is 893 g/mol. The topological polar surface area (TPSA) is 116 Å². The fourth-order valence-electron chi connectivity index (χ4n) is 7.85. The average Bonchev–Trinajstić information content (AvgIpc) is 4.01. The molecule has 0 atom stereocenters. The largest absolute Gasteiger partial charge is 0.462 e. The van der Waals surface area contributed by atoms with E-state index in [0.717, 1.165) is 12.1 Å². The van der Waals surface area contributed by atoms with Crippen LogP contribution >= 0.6 is 0 Å². The van der Waals surface area contributed by atoms with Crippen molar-refractivity contribution in [3.05, 3.63) is 165 Å². The summed E-state index contributed by atoms with van der Waals surface area (Å²) >= 11 is 0. The molecule has 7 rings (SSSR count). The lowest BCUT2D eigenvalue weighted by Gasteiger charge is -2.22. The van der Waals surface area contributed by atoms with Crippen LogP contribution in [-0.4, -0.2) is 73.6 Å². The summed E-state index contributed by atoms with van der Waals surface area (Å²) in [5.41, 5.74) is 1.96. The summed E-state index contributed by atoms with van der Waals surface area (Å²) in [5.74, 6) is -7.08. The maximum absolute atomic E-state index is 15.2. The first-order chi connectivity index (χ1) is 29.1. The molecule has 0 saturated heterocycles. The van der Waals surface area contributed by atoms with E-state index in [9.17, 15) is 9.59 Å². The van der Waals surface area contributed by atoms with Gasteiger partial charge in [0.1, 0.15) is 11.8 Å². The van der Waals surface area contributed by atoms with E-state index in [1.54, 1.807) is 48.5 Å². The molecule has 62 heavy (non-hydrogen) atoms. The predicted molar refractivity (Wildman–Crippen MR) is 231 cm³/mol. The Hall–Kier alpha value is -5.49. The number of ether oxygens (including phenoxy) is 2. The molecule has 4 aromatic heterocycles. The van der Waals surface area contributed by atoms with Crippen LogP contribution < -0.4 is 0 Å². The Bertz CT molecular complexity index is 2240. The molecule has 1 aliphatic rings. The van der Waals surface area contributed by atoms with E-state index in [4.69, 9.17) is 9.47 Å². The first-order valence-electron chi connectivity index (χ1n) is 20.5. The Morgan fingerprint density at radius 1 is 0.452 bits per heavy atom. The summed E-state index contributed by atoms with van der Waals surface area (Å²) in [4.78, 5) is 37.7. The number of hydrogen-bond acceptors (Lipinski definition) is 4. The lowest BCUT2D eigenvalue weighted by atomic mass is 9.92. The van der Waals surface area contributed by atoms with Crippen LogP contribution in [0.15, 0.2) is 97.1 Å². The Morgan fingerprint density at radius 2 is 0.710 bits per heavy atom. The number of benzene rings is 2. The van der Waals surface area contributed by atoms with E-state index in [-0.39, 0.29) is 69.9 Å². The lowest BCUT2D eigenvalue weighted by Crippen LogP contribution is -2.23. The molecule has 8 bridgehead atoms. The molecular weight excluding hydrogens is 843 g/mol. The predicted octanol–water partition coefficient (Wildman–Crippen LogP) is 12.1. The quantitative estimate of drug-likeness (QED) is 0.0623. The van der Waals surface area contributed by atoms with E-state index in [1.807, 2.05) is 0 Å². The molecule has 8 nitrogen and oxygen atoms in total. The van der Waals surface area contributed by atoms with Gasteiger partial charge in [0, 0.05) is 61.7 Å². The van der Waals surface area contributed by atoms with Crippen molar-refractivity contribution in [3.8, 4) is 0 Å². The molecular formula is C46H50F6N4O4Si2. The van der Waals surface area contributed by atoms with Gasteiger partial charge in [-0.2, -0.15) is 26.3 Å². The third-order valence-electron chi connectivity index (χ3n) is 11.2. The summed E-state index contributed by atoms with van der Waals surface area (Å²) in [6.07, 6.45) is -9.54. The molecule has 5 heterocycles. The summed E-state index contributed by atoms with van der Waals surface area (Å²) in [7, 11) is -2.93. The standard InChI is InChI=1S/C46H50F6N4O4Si2/c1-61(2,3)25-23-59-43(57)29-11-7-27(8-12-29)39-31-15-19-35(53-31)41(45(47,48)49)37-21-17-33(55-37)40(28-9-13-30(14-10-28)44(58)60-24-26-62(4,5)6)34-18-22-38(56-34)42(46(50,51)52)36-20-16-32(39)54-36/h7-22,39-42,53-56H,23-26H2,1-6H3. The number of alkyl halides is 6. The molecule has 4 N–H and O–H groups in total. The van der Waals surface area contributed by atoms with E-state index >= 15 is 26.3 Å². The summed E-state index contributed by atoms with van der Waals surface area (Å²) in [5, 5.41) is 0. The van der Waals surface area contributed by atoms with Gasteiger partial charge >= 0.3 is 24.3 Å². The van der Waals surface area contributed by atoms with Crippen LogP contribution in [0.2, 0.25) is 51.4 Å². The third kappa shape index (κ3) is 10.1. The first kappa shape index (κ1) is 44.6. The second-order valence-corrected chi connectivity index (χ2v) is 29.7. The maximum Gasteiger partial charge on any atom is 0.402 e. The Balaban J connectivity index is 1.31. The highest BCUT2D eigenvalue weighted by molar-refractivity contribution is 6.76. The van der Waals surface area contributed by atoms with Crippen molar-refractivity contribution in [1.82, 2.24) is 19.9 Å². The van der Waals surface area contributed by atoms with Gasteiger partial charge in [-0.3, -0.25) is 0 Å². The van der Waals surface area contributed by atoms with Crippen molar-refractivity contribution in [2.45, 2.75) is 87.4 Å². The van der Waals surface area contributed by atoms with Crippen LogP contribution in [0.4, 0.5) is 26.3 Å². The van der Waals surface area contributed by atoms with E-state index in [2.05, 4.69) is 59.2 Å². The van der Waals surface area contributed by atoms with Crippen LogP contribution in [0.1, 0.15) is 101 Å². The van der Waals surface area contributed by atoms with Crippen molar-refractivity contribution in [2.24, 2.45) is 0 Å². The zero-order valence-corrected chi connectivity index (χ0v) is 37.3. The molecule has 0 aliphatic carbocycles. The number of hydrogen-bond donors (Lipinski definition) is 4. The number of fused-ring (bicyclic) bond motifs is 8. The van der Waals surface area contributed by atoms with Gasteiger partial charge in [0.15, 0.2) is 0 Å². The number of halogens is 6. The lowest BCUT2D eigenvalue weighted by molar-refractivity contribution is -0.143. The summed E-state index contributed by atoms with van der Waals surface area (Å²) in [6.45, 7) is 13.5. The summed E-state index contributed by atoms with van der Waals surface area (Å²) in [6, 6.07) is 25.6. The number of carbonyl (C=O) groups is 2. The molecule has 16 heteroatoms. The van der Waals surface area contributed by atoms with Crippen LogP contribution in [0, 0.1) is 0 Å².